The van der Waals surface area contributed by atoms with E-state index in [0.717, 1.165) is 16.6 Å². The van der Waals surface area contributed by atoms with E-state index < -0.39 is 0 Å². The van der Waals surface area contributed by atoms with E-state index in [1.54, 1.807) is 14.2 Å². The van der Waals surface area contributed by atoms with Crippen LogP contribution in [0.3, 0.4) is 0 Å². The Kier molecular flexibility index (Phi) is 5.83. The number of ether oxygens (including phenoxy) is 2. The summed E-state index contributed by atoms with van der Waals surface area (Å²) in [7, 11) is 3.38. The van der Waals surface area contributed by atoms with Crippen LogP contribution in [0, 0.1) is 5.41 Å². The Hall–Kier alpha value is -0.580. The van der Waals surface area contributed by atoms with Crippen LogP contribution in [-0.2, 0) is 11.2 Å². The monoisotopic (exact) mass is 329 g/mol. The minimum atomic E-state index is -0.0368. The van der Waals surface area contributed by atoms with Crippen molar-refractivity contribution in [3.63, 3.8) is 0 Å². The van der Waals surface area contributed by atoms with Crippen LogP contribution < -0.4 is 10.5 Å². The van der Waals surface area contributed by atoms with Crippen molar-refractivity contribution in [1.82, 2.24) is 0 Å². The average molecular weight is 330 g/mol. The van der Waals surface area contributed by atoms with E-state index in [-0.39, 0.29) is 17.6 Å². The summed E-state index contributed by atoms with van der Waals surface area (Å²) in [6, 6.07) is 6.00. The van der Waals surface area contributed by atoms with E-state index in [1.807, 2.05) is 18.2 Å². The molecular formula is C15H24BrNO2. The fourth-order valence-corrected chi connectivity index (χ4v) is 2.97. The molecule has 3 nitrogen and oxygen atoms in total. The van der Waals surface area contributed by atoms with Crippen LogP contribution in [0.2, 0.25) is 0 Å². The maximum absolute atomic E-state index is 6.30. The molecular weight excluding hydrogens is 306 g/mol. The lowest BCUT2D eigenvalue weighted by Crippen LogP contribution is -2.46. The third kappa shape index (κ3) is 4.48. The van der Waals surface area contributed by atoms with Crippen molar-refractivity contribution in [1.29, 1.82) is 0 Å². The number of nitrogens with two attached hydrogens (primary N) is 1. The van der Waals surface area contributed by atoms with Gasteiger partial charge in [0, 0.05) is 13.2 Å². The highest BCUT2D eigenvalue weighted by Crippen LogP contribution is 2.28. The van der Waals surface area contributed by atoms with Crippen LogP contribution in [0.15, 0.2) is 22.7 Å². The standard InChI is InChI=1S/C15H24BrNO2/c1-15(2,3)14(19-5)12(17)9-10-6-7-13(18-4)11(16)8-10/h6-8,12,14H,9,17H2,1-5H3. The van der Waals surface area contributed by atoms with E-state index in [1.165, 1.54) is 5.56 Å². The summed E-state index contributed by atoms with van der Waals surface area (Å²) in [5.74, 6) is 0.830. The Morgan fingerprint density at radius 2 is 1.89 bits per heavy atom. The molecule has 1 rings (SSSR count). The smallest absolute Gasteiger partial charge is 0.133 e. The van der Waals surface area contributed by atoms with Crippen molar-refractivity contribution >= 4 is 15.9 Å². The summed E-state index contributed by atoms with van der Waals surface area (Å²) in [4.78, 5) is 0. The molecule has 0 fully saturated rings. The minimum Gasteiger partial charge on any atom is -0.496 e. The van der Waals surface area contributed by atoms with E-state index >= 15 is 0 Å². The van der Waals surface area contributed by atoms with Gasteiger partial charge in [0.05, 0.1) is 17.7 Å². The van der Waals surface area contributed by atoms with E-state index in [2.05, 4.69) is 36.7 Å². The molecule has 2 atom stereocenters. The molecule has 2 unspecified atom stereocenters. The molecule has 0 aliphatic carbocycles. The maximum Gasteiger partial charge on any atom is 0.133 e. The number of rotatable bonds is 5. The maximum atomic E-state index is 6.30. The Morgan fingerprint density at radius 3 is 2.32 bits per heavy atom. The summed E-state index contributed by atoms with van der Waals surface area (Å²) < 4.78 is 11.7. The quantitative estimate of drug-likeness (QED) is 0.900. The highest BCUT2D eigenvalue weighted by Gasteiger charge is 2.30. The van der Waals surface area contributed by atoms with Crippen LogP contribution in [-0.4, -0.2) is 26.4 Å². The van der Waals surface area contributed by atoms with Crippen molar-refractivity contribution in [2.24, 2.45) is 11.1 Å². The Balaban J connectivity index is 2.81. The fraction of sp³-hybridized carbons (Fsp3) is 0.600. The molecule has 4 heteroatoms. The van der Waals surface area contributed by atoms with Gasteiger partial charge in [-0.25, -0.2) is 0 Å². The van der Waals surface area contributed by atoms with Gasteiger partial charge < -0.3 is 15.2 Å². The van der Waals surface area contributed by atoms with Gasteiger partial charge in [-0.15, -0.1) is 0 Å². The van der Waals surface area contributed by atoms with E-state index in [0.29, 0.717) is 0 Å². The normalized spacial score (nSPS) is 15.1. The zero-order chi connectivity index (χ0) is 14.6. The zero-order valence-electron chi connectivity index (χ0n) is 12.4. The average Bonchev–Trinajstić information content (AvgIpc) is 2.28. The number of hydrogen-bond acceptors (Lipinski definition) is 3. The Labute approximate surface area is 124 Å². The SMILES string of the molecule is COc1ccc(CC(N)C(OC)C(C)(C)C)cc1Br. The lowest BCUT2D eigenvalue weighted by Gasteiger charge is -2.34. The van der Waals surface area contributed by atoms with Crippen molar-refractivity contribution in [2.45, 2.75) is 39.3 Å². The van der Waals surface area contributed by atoms with Crippen molar-refractivity contribution < 1.29 is 9.47 Å². The van der Waals surface area contributed by atoms with E-state index in [9.17, 15) is 0 Å². The fourth-order valence-electron chi connectivity index (χ4n) is 2.39. The second-order valence-corrected chi connectivity index (χ2v) is 6.71. The molecule has 0 amide bonds. The summed E-state index contributed by atoms with van der Waals surface area (Å²) in [5, 5.41) is 0. The summed E-state index contributed by atoms with van der Waals surface area (Å²) in [6.45, 7) is 6.43. The van der Waals surface area contributed by atoms with Crippen LogP contribution in [0.1, 0.15) is 26.3 Å². The molecule has 0 heterocycles. The molecule has 1 aromatic rings. The van der Waals surface area contributed by atoms with Gasteiger partial charge in [-0.05, 0) is 45.5 Å². The number of methoxy groups -OCH3 is 2. The predicted octanol–water partition coefficient (Wildman–Crippen LogP) is 3.39. The first-order chi connectivity index (χ1) is 8.79. The van der Waals surface area contributed by atoms with Crippen LogP contribution >= 0.6 is 15.9 Å². The molecule has 0 saturated carbocycles. The zero-order valence-corrected chi connectivity index (χ0v) is 14.0. The molecule has 19 heavy (non-hydrogen) atoms. The molecule has 0 aliphatic heterocycles. The molecule has 0 spiro atoms. The second-order valence-electron chi connectivity index (χ2n) is 5.86. The predicted molar refractivity (Wildman–Crippen MR) is 82.6 cm³/mol. The highest BCUT2D eigenvalue weighted by molar-refractivity contribution is 9.10. The van der Waals surface area contributed by atoms with Gasteiger partial charge in [-0.2, -0.15) is 0 Å². The second kappa shape index (κ2) is 6.73. The number of hydrogen-bond donors (Lipinski definition) is 1. The van der Waals surface area contributed by atoms with Crippen LogP contribution in [0.25, 0.3) is 0 Å². The largest absolute Gasteiger partial charge is 0.496 e. The highest BCUT2D eigenvalue weighted by atomic mass is 79.9. The lowest BCUT2D eigenvalue weighted by molar-refractivity contribution is -0.00165. The molecule has 0 bridgehead atoms. The number of halogens is 1. The van der Waals surface area contributed by atoms with Gasteiger partial charge in [0.2, 0.25) is 0 Å². The first kappa shape index (κ1) is 16.5. The van der Waals surface area contributed by atoms with Gasteiger partial charge in [0.1, 0.15) is 5.75 Å². The van der Waals surface area contributed by atoms with Crippen LogP contribution in [0.5, 0.6) is 5.75 Å². The minimum absolute atomic E-state index is 0.0216. The topological polar surface area (TPSA) is 44.5 Å². The Morgan fingerprint density at radius 1 is 1.26 bits per heavy atom. The number of benzene rings is 1. The summed E-state index contributed by atoms with van der Waals surface area (Å²) in [6.07, 6.45) is 0.798. The third-order valence-corrected chi connectivity index (χ3v) is 3.80. The molecule has 0 aliphatic rings. The van der Waals surface area contributed by atoms with E-state index in [4.69, 9.17) is 15.2 Å². The summed E-state index contributed by atoms with van der Waals surface area (Å²) >= 11 is 3.49. The van der Waals surface area contributed by atoms with Crippen LogP contribution in [0.4, 0.5) is 0 Å². The molecule has 1 aromatic carbocycles. The third-order valence-electron chi connectivity index (χ3n) is 3.18. The van der Waals surface area contributed by atoms with Crippen molar-refractivity contribution in [3.8, 4) is 5.75 Å². The first-order valence-corrected chi connectivity index (χ1v) is 7.19. The molecule has 0 aromatic heterocycles. The van der Waals surface area contributed by atoms with Gasteiger partial charge >= 0.3 is 0 Å². The first-order valence-electron chi connectivity index (χ1n) is 6.40. The molecule has 0 saturated heterocycles. The lowest BCUT2D eigenvalue weighted by atomic mass is 9.83. The Bertz CT molecular complexity index is 415. The molecule has 0 radical (unpaired) electrons. The molecule has 108 valence electrons. The van der Waals surface area contributed by atoms with Crippen molar-refractivity contribution in [3.05, 3.63) is 28.2 Å². The van der Waals surface area contributed by atoms with Gasteiger partial charge in [0.15, 0.2) is 0 Å². The molecule has 2 N–H and O–H groups in total. The van der Waals surface area contributed by atoms with Gasteiger partial charge in [-0.3, -0.25) is 0 Å². The van der Waals surface area contributed by atoms with Gasteiger partial charge in [-0.1, -0.05) is 26.8 Å². The summed E-state index contributed by atoms with van der Waals surface area (Å²) in [5.41, 5.74) is 7.49. The van der Waals surface area contributed by atoms with Gasteiger partial charge in [0.25, 0.3) is 0 Å². The van der Waals surface area contributed by atoms with Crippen molar-refractivity contribution in [2.75, 3.05) is 14.2 Å².